The Balaban J connectivity index is 1.79. The number of aliphatic hydroxyl groups is 1. The van der Waals surface area contributed by atoms with Gasteiger partial charge in [0.25, 0.3) is 0 Å². The minimum absolute atomic E-state index is 0.0139. The average molecular weight is 311 g/mol. The Hall–Kier alpha value is -1.94. The summed E-state index contributed by atoms with van der Waals surface area (Å²) in [6, 6.07) is 0. The van der Waals surface area contributed by atoms with E-state index in [1.165, 1.54) is 27.7 Å². The molecule has 3 atom stereocenters. The largest absolute Gasteiger partial charge is 0.477 e. The number of fused-ring (bicyclic) bond motifs is 1. The number of allylic oxidation sites excluding steroid dienone is 1. The maximum Gasteiger partial charge on any atom is 0.353 e. The molecule has 10 heteroatoms. The van der Waals surface area contributed by atoms with E-state index in [9.17, 15) is 19.8 Å². The van der Waals surface area contributed by atoms with Crippen LogP contribution in [0.25, 0.3) is 0 Å². The van der Waals surface area contributed by atoms with Crippen LogP contribution in [0, 0.1) is 5.92 Å². The fourth-order valence-electron chi connectivity index (χ4n) is 2.53. The molecule has 112 valence electrons. The number of nitrogens with zero attached hydrogens (tertiary/aromatic N) is 5. The van der Waals surface area contributed by atoms with Crippen molar-refractivity contribution in [3.8, 4) is 0 Å². The fourth-order valence-corrected chi connectivity index (χ4v) is 4.13. The van der Waals surface area contributed by atoms with Crippen molar-refractivity contribution < 1.29 is 19.8 Å². The van der Waals surface area contributed by atoms with Gasteiger partial charge < -0.3 is 10.2 Å². The third-order valence-corrected chi connectivity index (χ3v) is 4.96. The molecular weight excluding hydrogens is 298 g/mol. The molecule has 9 nitrogen and oxygen atoms in total. The molecule has 2 N–H and O–H groups in total. The Bertz CT molecular complexity index is 614. The van der Waals surface area contributed by atoms with Crippen molar-refractivity contribution in [3.63, 3.8) is 0 Å². The van der Waals surface area contributed by atoms with E-state index >= 15 is 0 Å². The van der Waals surface area contributed by atoms with Crippen LogP contribution in [-0.4, -0.2) is 58.7 Å². The molecule has 1 fully saturated rings. The van der Waals surface area contributed by atoms with Gasteiger partial charge in [-0.2, -0.15) is 0 Å². The number of carboxylic acid groups (broad SMARTS) is 1. The molecule has 2 aliphatic heterocycles. The number of hydrogen-bond acceptors (Lipinski definition) is 7. The van der Waals surface area contributed by atoms with Crippen LogP contribution < -0.4 is 0 Å². The minimum atomic E-state index is -1.13. The first-order chi connectivity index (χ1) is 10.0. The molecule has 0 bridgehead atoms. The average Bonchev–Trinajstić information content (AvgIpc) is 3.01. The Kier molecular flexibility index (Phi) is 3.41. The fraction of sp³-hybridized carbons (Fsp3) is 0.545. The summed E-state index contributed by atoms with van der Waals surface area (Å²) in [5, 5.41) is 29.4. The van der Waals surface area contributed by atoms with Gasteiger partial charge in [0.1, 0.15) is 17.4 Å². The number of thioether (sulfide) groups is 1. The SMILES string of the molecule is CC(O)[C@H]1C(=O)N2C(C(=O)O)=C(CCn3cnnn3)S[C@H]12. The minimum Gasteiger partial charge on any atom is -0.477 e. The highest BCUT2D eigenvalue weighted by molar-refractivity contribution is 8.04. The summed E-state index contributed by atoms with van der Waals surface area (Å²) in [5.74, 6) is -2.01. The van der Waals surface area contributed by atoms with Crippen LogP contribution >= 0.6 is 11.8 Å². The number of amides is 1. The summed E-state index contributed by atoms with van der Waals surface area (Å²) in [4.78, 5) is 25.3. The van der Waals surface area contributed by atoms with E-state index in [4.69, 9.17) is 0 Å². The van der Waals surface area contributed by atoms with Crippen LogP contribution in [0.2, 0.25) is 0 Å². The molecule has 1 amide bonds. The lowest BCUT2D eigenvalue weighted by Gasteiger charge is -2.43. The van der Waals surface area contributed by atoms with E-state index in [-0.39, 0.29) is 17.0 Å². The summed E-state index contributed by atoms with van der Waals surface area (Å²) in [6.45, 7) is 1.97. The lowest BCUT2D eigenvalue weighted by molar-refractivity contribution is -0.156. The number of carbonyl (C=O) groups is 2. The van der Waals surface area contributed by atoms with Crippen LogP contribution in [0.1, 0.15) is 13.3 Å². The molecule has 21 heavy (non-hydrogen) atoms. The predicted octanol–water partition coefficient (Wildman–Crippen LogP) is -0.729. The Labute approximate surface area is 123 Å². The van der Waals surface area contributed by atoms with Crippen LogP contribution in [0.15, 0.2) is 16.9 Å². The van der Waals surface area contributed by atoms with Crippen molar-refractivity contribution in [1.82, 2.24) is 25.1 Å². The zero-order valence-corrected chi connectivity index (χ0v) is 11.9. The number of carboxylic acids is 1. The zero-order chi connectivity index (χ0) is 15.1. The molecule has 1 saturated heterocycles. The quantitative estimate of drug-likeness (QED) is 0.683. The van der Waals surface area contributed by atoms with Crippen LogP contribution in [-0.2, 0) is 16.1 Å². The smallest absolute Gasteiger partial charge is 0.353 e. The van der Waals surface area contributed by atoms with Gasteiger partial charge in [0, 0.05) is 17.9 Å². The number of aliphatic hydroxyl groups excluding tert-OH is 1. The van der Waals surface area contributed by atoms with Crippen molar-refractivity contribution in [1.29, 1.82) is 0 Å². The van der Waals surface area contributed by atoms with Gasteiger partial charge in [-0.15, -0.1) is 16.9 Å². The van der Waals surface area contributed by atoms with Crippen molar-refractivity contribution in [3.05, 3.63) is 16.9 Å². The Morgan fingerprint density at radius 1 is 1.57 bits per heavy atom. The number of rotatable bonds is 5. The highest BCUT2D eigenvalue weighted by atomic mass is 32.2. The van der Waals surface area contributed by atoms with E-state index in [0.717, 1.165) is 0 Å². The summed E-state index contributed by atoms with van der Waals surface area (Å²) in [5.41, 5.74) is 0.0139. The van der Waals surface area contributed by atoms with Gasteiger partial charge in [-0.3, -0.25) is 9.69 Å². The second kappa shape index (κ2) is 5.11. The first kappa shape index (κ1) is 14.0. The number of carbonyl (C=O) groups excluding carboxylic acids is 1. The molecule has 2 aliphatic rings. The highest BCUT2D eigenvalue weighted by Crippen LogP contribution is 2.51. The van der Waals surface area contributed by atoms with Gasteiger partial charge in [0.15, 0.2) is 0 Å². The number of aromatic nitrogens is 4. The maximum absolute atomic E-state index is 12.0. The molecule has 3 heterocycles. The summed E-state index contributed by atoms with van der Waals surface area (Å²) in [7, 11) is 0. The summed E-state index contributed by atoms with van der Waals surface area (Å²) < 4.78 is 1.50. The predicted molar refractivity (Wildman–Crippen MR) is 70.5 cm³/mol. The molecule has 0 aliphatic carbocycles. The van der Waals surface area contributed by atoms with E-state index in [2.05, 4.69) is 15.5 Å². The first-order valence-electron chi connectivity index (χ1n) is 6.35. The number of tetrazole rings is 1. The monoisotopic (exact) mass is 311 g/mol. The number of aryl methyl sites for hydroxylation is 1. The zero-order valence-electron chi connectivity index (χ0n) is 11.1. The number of β-lactam (4-membered cyclic amide) rings is 1. The molecule has 0 aromatic carbocycles. The molecule has 0 radical (unpaired) electrons. The summed E-state index contributed by atoms with van der Waals surface area (Å²) >= 11 is 1.32. The molecule has 1 aromatic rings. The lowest BCUT2D eigenvalue weighted by atomic mass is 9.92. The third kappa shape index (κ3) is 2.20. The van der Waals surface area contributed by atoms with E-state index in [1.807, 2.05) is 0 Å². The molecular formula is C11H13N5O4S. The van der Waals surface area contributed by atoms with Gasteiger partial charge in [0.2, 0.25) is 5.91 Å². The number of hydrogen-bond donors (Lipinski definition) is 2. The van der Waals surface area contributed by atoms with Gasteiger partial charge in [0.05, 0.1) is 12.0 Å². The highest BCUT2D eigenvalue weighted by Gasteiger charge is 2.57. The van der Waals surface area contributed by atoms with Gasteiger partial charge in [-0.25, -0.2) is 9.48 Å². The van der Waals surface area contributed by atoms with Crippen LogP contribution in [0.4, 0.5) is 0 Å². The first-order valence-corrected chi connectivity index (χ1v) is 7.23. The molecule has 0 saturated carbocycles. The van der Waals surface area contributed by atoms with Crippen LogP contribution in [0.3, 0.4) is 0 Å². The number of aliphatic carboxylic acids is 1. The second-order valence-electron chi connectivity index (χ2n) is 4.88. The summed E-state index contributed by atoms with van der Waals surface area (Å²) in [6.07, 6.45) is 1.07. The Morgan fingerprint density at radius 2 is 2.33 bits per heavy atom. The molecule has 3 rings (SSSR count). The Morgan fingerprint density at radius 3 is 2.90 bits per heavy atom. The second-order valence-corrected chi connectivity index (χ2v) is 6.09. The maximum atomic E-state index is 12.0. The van der Waals surface area contributed by atoms with E-state index < -0.39 is 18.0 Å². The van der Waals surface area contributed by atoms with Gasteiger partial charge in [-0.1, -0.05) is 0 Å². The standard InChI is InChI=1S/C11H13N5O4S/c1-5(17)7-9(18)16-8(11(19)20)6(21-10(7)16)2-3-15-4-12-13-14-15/h4-5,7,10,17H,2-3H2,1H3,(H,19,20)/t5?,7-,10+/m0/s1. The topological polar surface area (TPSA) is 121 Å². The van der Waals surface area contributed by atoms with Crippen molar-refractivity contribution >= 4 is 23.6 Å². The van der Waals surface area contributed by atoms with Crippen LogP contribution in [0.5, 0.6) is 0 Å². The van der Waals surface area contributed by atoms with Crippen molar-refractivity contribution in [2.75, 3.05) is 0 Å². The van der Waals surface area contributed by atoms with E-state index in [1.54, 1.807) is 6.92 Å². The normalized spacial score (nSPS) is 25.8. The molecule has 0 spiro atoms. The molecule has 1 unspecified atom stereocenters. The lowest BCUT2D eigenvalue weighted by Crippen LogP contribution is -2.60. The van der Waals surface area contributed by atoms with Gasteiger partial charge in [-0.05, 0) is 17.4 Å². The van der Waals surface area contributed by atoms with E-state index in [0.29, 0.717) is 17.9 Å². The van der Waals surface area contributed by atoms with Crippen molar-refractivity contribution in [2.24, 2.45) is 5.92 Å². The molecule has 1 aromatic heterocycles. The van der Waals surface area contributed by atoms with Gasteiger partial charge >= 0.3 is 5.97 Å². The third-order valence-electron chi connectivity index (χ3n) is 3.53. The van der Waals surface area contributed by atoms with Crippen molar-refractivity contribution in [2.45, 2.75) is 31.4 Å².